The second-order valence-corrected chi connectivity index (χ2v) is 8.24. The van der Waals surface area contributed by atoms with Gasteiger partial charge in [-0.3, -0.25) is 4.79 Å². The van der Waals surface area contributed by atoms with Gasteiger partial charge in [-0.1, -0.05) is 25.0 Å². The fraction of sp³-hybridized carbons (Fsp3) is 0.700. The molecule has 0 amide bonds. The van der Waals surface area contributed by atoms with Crippen molar-refractivity contribution in [3.05, 3.63) is 23.3 Å². The Morgan fingerprint density at radius 3 is 2.71 bits per heavy atom. The van der Waals surface area contributed by atoms with Gasteiger partial charge in [-0.2, -0.15) is 0 Å². The van der Waals surface area contributed by atoms with Crippen LogP contribution in [-0.4, -0.2) is 23.7 Å². The van der Waals surface area contributed by atoms with E-state index in [0.29, 0.717) is 12.5 Å². The Labute approximate surface area is 144 Å². The summed E-state index contributed by atoms with van der Waals surface area (Å²) < 4.78 is 5.00. The maximum absolute atomic E-state index is 12.0. The lowest BCUT2D eigenvalue weighted by Gasteiger charge is -2.56. The molecule has 1 fully saturated rings. The monoisotopic (exact) mass is 332 g/mol. The van der Waals surface area contributed by atoms with Crippen molar-refractivity contribution in [1.29, 1.82) is 0 Å². The average Bonchev–Trinajstić information content (AvgIpc) is 2.91. The van der Waals surface area contributed by atoms with Crippen molar-refractivity contribution < 1.29 is 19.4 Å². The van der Waals surface area contributed by atoms with Crippen molar-refractivity contribution in [3.8, 4) is 0 Å². The van der Waals surface area contributed by atoms with Crippen LogP contribution in [-0.2, 0) is 14.3 Å². The van der Waals surface area contributed by atoms with Crippen molar-refractivity contribution in [2.24, 2.45) is 22.7 Å². The fourth-order valence-corrected chi connectivity index (χ4v) is 5.54. The number of aliphatic carboxylic acids is 1. The van der Waals surface area contributed by atoms with Crippen LogP contribution in [0.3, 0.4) is 0 Å². The topological polar surface area (TPSA) is 63.6 Å². The van der Waals surface area contributed by atoms with E-state index in [1.165, 1.54) is 5.57 Å². The molecule has 4 atom stereocenters. The van der Waals surface area contributed by atoms with Gasteiger partial charge in [-0.25, -0.2) is 4.79 Å². The van der Waals surface area contributed by atoms with Gasteiger partial charge >= 0.3 is 11.9 Å². The first-order chi connectivity index (χ1) is 11.3. The Morgan fingerprint density at radius 1 is 1.33 bits per heavy atom. The number of rotatable bonds is 4. The van der Waals surface area contributed by atoms with E-state index in [9.17, 15) is 14.7 Å². The fourth-order valence-electron chi connectivity index (χ4n) is 5.54. The van der Waals surface area contributed by atoms with Crippen LogP contribution < -0.4 is 0 Å². The zero-order chi connectivity index (χ0) is 17.5. The summed E-state index contributed by atoms with van der Waals surface area (Å²) in [4.78, 5) is 23.7. The van der Waals surface area contributed by atoms with Crippen LogP contribution in [0, 0.1) is 22.7 Å². The lowest BCUT2D eigenvalue weighted by molar-refractivity contribution is -0.162. The molecule has 3 aliphatic rings. The van der Waals surface area contributed by atoms with Gasteiger partial charge in [0, 0.05) is 5.57 Å². The molecule has 4 unspecified atom stereocenters. The summed E-state index contributed by atoms with van der Waals surface area (Å²) in [6.07, 6.45) is 9.39. The maximum atomic E-state index is 12.0. The molecule has 1 N–H and O–H groups in total. The van der Waals surface area contributed by atoms with Crippen LogP contribution in [0.1, 0.15) is 59.3 Å². The Bertz CT molecular complexity index is 617. The number of cyclic esters (lactones) is 1. The lowest BCUT2D eigenvalue weighted by atomic mass is 9.47. The van der Waals surface area contributed by atoms with E-state index in [4.69, 9.17) is 4.74 Å². The number of carbonyl (C=O) groups excluding carboxylic acids is 1. The van der Waals surface area contributed by atoms with E-state index < -0.39 is 11.4 Å². The first-order valence-electron chi connectivity index (χ1n) is 9.05. The van der Waals surface area contributed by atoms with Crippen LogP contribution in [0.15, 0.2) is 23.3 Å². The number of esters is 1. The molecule has 3 rings (SSSR count). The first kappa shape index (κ1) is 17.2. The largest absolute Gasteiger partial charge is 0.481 e. The summed E-state index contributed by atoms with van der Waals surface area (Å²) >= 11 is 0. The number of allylic oxidation sites excluding steroid dienone is 2. The molecule has 0 aromatic rings. The molecule has 1 heterocycles. The smallest absolute Gasteiger partial charge is 0.334 e. The molecule has 0 radical (unpaired) electrons. The Morgan fingerprint density at radius 2 is 2.08 bits per heavy atom. The van der Waals surface area contributed by atoms with E-state index >= 15 is 0 Å². The SMILES string of the molecule is CC1=CCC2C(C)(C(=O)O)CCCC2(C)C1CCC1=CCOC1=O. The lowest BCUT2D eigenvalue weighted by Crippen LogP contribution is -2.52. The zero-order valence-electron chi connectivity index (χ0n) is 14.9. The summed E-state index contributed by atoms with van der Waals surface area (Å²) in [5.41, 5.74) is 1.49. The van der Waals surface area contributed by atoms with Gasteiger partial charge in [-0.05, 0) is 69.3 Å². The number of hydrogen-bond donors (Lipinski definition) is 1. The minimum absolute atomic E-state index is 0.00665. The van der Waals surface area contributed by atoms with Gasteiger partial charge in [-0.15, -0.1) is 0 Å². The van der Waals surface area contributed by atoms with E-state index in [0.717, 1.165) is 44.1 Å². The highest BCUT2D eigenvalue weighted by atomic mass is 16.5. The van der Waals surface area contributed by atoms with E-state index in [-0.39, 0.29) is 17.3 Å². The second kappa shape index (κ2) is 6.05. The van der Waals surface area contributed by atoms with Gasteiger partial charge in [0.05, 0.1) is 5.41 Å². The molecule has 0 aromatic carbocycles. The highest BCUT2D eigenvalue weighted by Crippen LogP contribution is 2.60. The van der Waals surface area contributed by atoms with Gasteiger partial charge in [0.2, 0.25) is 0 Å². The highest BCUT2D eigenvalue weighted by molar-refractivity contribution is 5.90. The summed E-state index contributed by atoms with van der Waals surface area (Å²) in [5, 5.41) is 9.85. The summed E-state index contributed by atoms with van der Waals surface area (Å²) in [7, 11) is 0. The summed E-state index contributed by atoms with van der Waals surface area (Å²) in [6.45, 7) is 6.77. The molecule has 1 saturated carbocycles. The summed E-state index contributed by atoms with van der Waals surface area (Å²) in [6, 6.07) is 0. The summed E-state index contributed by atoms with van der Waals surface area (Å²) in [5.74, 6) is -0.348. The van der Waals surface area contributed by atoms with Gasteiger partial charge < -0.3 is 9.84 Å². The molecule has 0 bridgehead atoms. The highest BCUT2D eigenvalue weighted by Gasteiger charge is 2.56. The average molecular weight is 332 g/mol. The van der Waals surface area contributed by atoms with Crippen LogP contribution in [0.25, 0.3) is 0 Å². The number of carbonyl (C=O) groups is 2. The van der Waals surface area contributed by atoms with Crippen LogP contribution in [0.4, 0.5) is 0 Å². The molecular formula is C20H28O4. The maximum Gasteiger partial charge on any atom is 0.334 e. The third-order valence-corrected chi connectivity index (χ3v) is 7.00. The van der Waals surface area contributed by atoms with E-state index in [1.54, 1.807) is 0 Å². The number of ether oxygens (including phenoxy) is 1. The van der Waals surface area contributed by atoms with Gasteiger partial charge in [0.1, 0.15) is 6.61 Å². The van der Waals surface area contributed by atoms with Gasteiger partial charge in [0.15, 0.2) is 0 Å². The van der Waals surface area contributed by atoms with Crippen molar-refractivity contribution >= 4 is 11.9 Å². The molecule has 4 heteroatoms. The van der Waals surface area contributed by atoms with Crippen LogP contribution in [0.2, 0.25) is 0 Å². The molecular weight excluding hydrogens is 304 g/mol. The third kappa shape index (κ3) is 2.60. The van der Waals surface area contributed by atoms with Crippen LogP contribution in [0.5, 0.6) is 0 Å². The zero-order valence-corrected chi connectivity index (χ0v) is 14.9. The predicted octanol–water partition coefficient (Wildman–Crippen LogP) is 4.11. The van der Waals surface area contributed by atoms with E-state index in [1.807, 2.05) is 13.0 Å². The number of hydrogen-bond acceptors (Lipinski definition) is 3. The molecule has 4 nitrogen and oxygen atoms in total. The van der Waals surface area contributed by atoms with E-state index in [2.05, 4.69) is 19.9 Å². The third-order valence-electron chi connectivity index (χ3n) is 7.00. The minimum Gasteiger partial charge on any atom is -0.481 e. The standard InChI is InChI=1S/C20H28O4/c1-13-5-8-16-19(2,10-4-11-20(16,3)18(22)23)15(13)7-6-14-9-12-24-17(14)21/h5,9,15-16H,4,6-8,10-12H2,1-3H3,(H,22,23). The molecule has 24 heavy (non-hydrogen) atoms. The number of carboxylic acid groups (broad SMARTS) is 1. The molecule has 0 aromatic heterocycles. The second-order valence-electron chi connectivity index (χ2n) is 8.24. The predicted molar refractivity (Wildman–Crippen MR) is 91.3 cm³/mol. The van der Waals surface area contributed by atoms with Crippen molar-refractivity contribution in [2.75, 3.05) is 6.61 Å². The molecule has 0 saturated heterocycles. The molecule has 0 spiro atoms. The van der Waals surface area contributed by atoms with Crippen molar-refractivity contribution in [2.45, 2.75) is 59.3 Å². The quantitative estimate of drug-likeness (QED) is 0.621. The Hall–Kier alpha value is -1.58. The first-order valence-corrected chi connectivity index (χ1v) is 9.05. The minimum atomic E-state index is -0.660. The van der Waals surface area contributed by atoms with Crippen LogP contribution >= 0.6 is 0 Å². The van der Waals surface area contributed by atoms with Gasteiger partial charge in [0.25, 0.3) is 0 Å². The number of carboxylic acids is 1. The molecule has 2 aliphatic carbocycles. The van der Waals surface area contributed by atoms with Crippen molar-refractivity contribution in [1.82, 2.24) is 0 Å². The number of fused-ring (bicyclic) bond motifs is 1. The molecule has 132 valence electrons. The normalized spacial score (nSPS) is 38.9. The van der Waals surface area contributed by atoms with Crippen molar-refractivity contribution in [3.63, 3.8) is 0 Å². The Balaban J connectivity index is 1.85. The Kier molecular flexibility index (Phi) is 4.35. The molecule has 1 aliphatic heterocycles.